The lowest BCUT2D eigenvalue weighted by Crippen LogP contribution is -2.53. The molecule has 0 radical (unpaired) electrons. The molecule has 0 aromatic carbocycles. The van der Waals surface area contributed by atoms with Gasteiger partial charge in [-0.25, -0.2) is 4.79 Å². The number of aliphatic hydroxyl groups excluding tert-OH is 1. The summed E-state index contributed by atoms with van der Waals surface area (Å²) in [7, 11) is 0. The first-order valence-corrected chi connectivity index (χ1v) is 9.53. The van der Waals surface area contributed by atoms with Gasteiger partial charge in [-0.3, -0.25) is 4.79 Å². The number of aliphatic hydroxyl groups is 1. The van der Waals surface area contributed by atoms with Crippen molar-refractivity contribution in [1.29, 1.82) is 0 Å². The van der Waals surface area contributed by atoms with Crippen molar-refractivity contribution in [3.05, 3.63) is 12.2 Å². The molecule has 2 aliphatic heterocycles. The molecule has 0 spiro atoms. The second kappa shape index (κ2) is 9.34. The summed E-state index contributed by atoms with van der Waals surface area (Å²) >= 11 is 0. The quantitative estimate of drug-likeness (QED) is 0.601. The van der Waals surface area contributed by atoms with Crippen LogP contribution < -0.4 is 10.6 Å². The van der Waals surface area contributed by atoms with Crippen molar-refractivity contribution in [3.63, 3.8) is 0 Å². The van der Waals surface area contributed by atoms with E-state index in [0.717, 1.165) is 25.7 Å². The standard InChI is InChI=1S/C18H29N3O5/c22-12-16-15(20-18(24)19-13-3-1-2-4-13)6-5-14(26-16)11-17(23)21-7-9-25-10-8-21/h5-6,13-16,22H,1-4,7-12H2,(H2,19,20,24)/t14-,15+,16-/m0/s1. The Morgan fingerprint density at radius 3 is 2.54 bits per heavy atom. The molecule has 146 valence electrons. The van der Waals surface area contributed by atoms with Gasteiger partial charge in [0.15, 0.2) is 0 Å². The topological polar surface area (TPSA) is 100 Å². The SMILES string of the molecule is O=C(NC1CCCC1)N[C@@H]1C=C[C@@H](CC(=O)N2CCOCC2)O[C@H]1CO. The zero-order chi connectivity index (χ0) is 18.4. The van der Waals surface area contributed by atoms with Crippen molar-refractivity contribution in [1.82, 2.24) is 15.5 Å². The molecule has 3 atom stereocenters. The number of nitrogens with one attached hydrogen (secondary N) is 2. The monoisotopic (exact) mass is 367 g/mol. The minimum absolute atomic E-state index is 0.0185. The fraction of sp³-hybridized carbons (Fsp3) is 0.778. The van der Waals surface area contributed by atoms with Gasteiger partial charge in [0, 0.05) is 19.1 Å². The van der Waals surface area contributed by atoms with Crippen molar-refractivity contribution in [2.75, 3.05) is 32.9 Å². The van der Waals surface area contributed by atoms with Crippen LogP contribution in [0.1, 0.15) is 32.1 Å². The van der Waals surface area contributed by atoms with E-state index in [2.05, 4.69) is 10.6 Å². The van der Waals surface area contributed by atoms with E-state index in [-0.39, 0.29) is 31.0 Å². The molecule has 1 saturated heterocycles. The molecular weight excluding hydrogens is 338 g/mol. The Balaban J connectivity index is 1.49. The van der Waals surface area contributed by atoms with E-state index in [1.54, 1.807) is 11.0 Å². The highest BCUT2D eigenvalue weighted by atomic mass is 16.5. The van der Waals surface area contributed by atoms with Gasteiger partial charge < -0.3 is 30.1 Å². The lowest BCUT2D eigenvalue weighted by molar-refractivity contribution is -0.139. The summed E-state index contributed by atoms with van der Waals surface area (Å²) in [6.45, 7) is 2.11. The van der Waals surface area contributed by atoms with Gasteiger partial charge in [-0.2, -0.15) is 0 Å². The highest BCUT2D eigenvalue weighted by Crippen LogP contribution is 2.19. The second-order valence-electron chi connectivity index (χ2n) is 7.10. The van der Waals surface area contributed by atoms with Crippen LogP contribution in [0.2, 0.25) is 0 Å². The predicted molar refractivity (Wildman–Crippen MR) is 94.6 cm³/mol. The normalized spacial score (nSPS) is 29.6. The van der Waals surface area contributed by atoms with Crippen LogP contribution in [0.5, 0.6) is 0 Å². The Bertz CT molecular complexity index is 515. The fourth-order valence-corrected chi connectivity index (χ4v) is 3.70. The average molecular weight is 367 g/mol. The van der Waals surface area contributed by atoms with Gasteiger partial charge in [-0.15, -0.1) is 0 Å². The molecule has 26 heavy (non-hydrogen) atoms. The van der Waals surface area contributed by atoms with E-state index < -0.39 is 18.2 Å². The smallest absolute Gasteiger partial charge is 0.315 e. The van der Waals surface area contributed by atoms with E-state index in [1.165, 1.54) is 0 Å². The van der Waals surface area contributed by atoms with E-state index in [4.69, 9.17) is 9.47 Å². The number of urea groups is 1. The number of hydrogen-bond acceptors (Lipinski definition) is 5. The summed E-state index contributed by atoms with van der Waals surface area (Å²) in [6, 6.07) is -0.414. The molecular formula is C18H29N3O5. The van der Waals surface area contributed by atoms with Crippen LogP contribution in [0.15, 0.2) is 12.2 Å². The van der Waals surface area contributed by atoms with Crippen LogP contribution >= 0.6 is 0 Å². The van der Waals surface area contributed by atoms with Crippen LogP contribution in [0.3, 0.4) is 0 Å². The summed E-state index contributed by atoms with van der Waals surface area (Å²) in [6.07, 6.45) is 7.22. The van der Waals surface area contributed by atoms with Gasteiger partial charge in [-0.1, -0.05) is 25.0 Å². The third-order valence-corrected chi connectivity index (χ3v) is 5.19. The number of hydrogen-bond donors (Lipinski definition) is 3. The predicted octanol–water partition coefficient (Wildman–Crippen LogP) is 0.162. The van der Waals surface area contributed by atoms with E-state index in [1.807, 2.05) is 6.08 Å². The number of amides is 3. The summed E-state index contributed by atoms with van der Waals surface area (Å²) in [5.74, 6) is 0.0185. The molecule has 0 bridgehead atoms. The molecule has 8 nitrogen and oxygen atoms in total. The van der Waals surface area contributed by atoms with Crippen molar-refractivity contribution < 1.29 is 24.2 Å². The number of ether oxygens (including phenoxy) is 2. The van der Waals surface area contributed by atoms with E-state index in [0.29, 0.717) is 26.3 Å². The molecule has 1 saturated carbocycles. The van der Waals surface area contributed by atoms with Crippen molar-refractivity contribution in [2.45, 2.75) is 56.4 Å². The van der Waals surface area contributed by atoms with Gasteiger partial charge in [0.2, 0.25) is 5.91 Å². The minimum atomic E-state index is -0.559. The summed E-state index contributed by atoms with van der Waals surface area (Å²) in [5.41, 5.74) is 0. The number of carbonyl (C=O) groups excluding carboxylic acids is 2. The lowest BCUT2D eigenvalue weighted by atomic mass is 10.0. The molecule has 3 aliphatic rings. The molecule has 1 aliphatic carbocycles. The van der Waals surface area contributed by atoms with E-state index >= 15 is 0 Å². The Kier molecular flexibility index (Phi) is 6.87. The fourth-order valence-electron chi connectivity index (χ4n) is 3.70. The molecule has 0 unspecified atom stereocenters. The third-order valence-electron chi connectivity index (χ3n) is 5.19. The maximum Gasteiger partial charge on any atom is 0.315 e. The largest absolute Gasteiger partial charge is 0.394 e. The average Bonchev–Trinajstić information content (AvgIpc) is 3.16. The third kappa shape index (κ3) is 5.18. The van der Waals surface area contributed by atoms with Crippen molar-refractivity contribution in [2.24, 2.45) is 0 Å². The van der Waals surface area contributed by atoms with Gasteiger partial charge in [-0.05, 0) is 12.8 Å². The molecule has 0 aromatic rings. The zero-order valence-electron chi connectivity index (χ0n) is 15.1. The second-order valence-corrected chi connectivity index (χ2v) is 7.10. The maximum absolute atomic E-state index is 12.3. The molecule has 3 N–H and O–H groups in total. The number of nitrogens with zero attached hydrogens (tertiary/aromatic N) is 1. The van der Waals surface area contributed by atoms with Gasteiger partial charge in [0.05, 0.1) is 38.4 Å². The van der Waals surface area contributed by atoms with Crippen LogP contribution in [0.4, 0.5) is 4.79 Å². The first kappa shape index (κ1) is 19.1. The van der Waals surface area contributed by atoms with Crippen molar-refractivity contribution >= 4 is 11.9 Å². The Hall–Kier alpha value is -1.64. The Morgan fingerprint density at radius 2 is 1.85 bits per heavy atom. The molecule has 2 fully saturated rings. The zero-order valence-corrected chi connectivity index (χ0v) is 15.1. The number of rotatable bonds is 5. The Morgan fingerprint density at radius 1 is 1.12 bits per heavy atom. The number of carbonyl (C=O) groups is 2. The molecule has 2 heterocycles. The maximum atomic E-state index is 12.3. The molecule has 8 heteroatoms. The van der Waals surface area contributed by atoms with E-state index in [9.17, 15) is 14.7 Å². The molecule has 3 amide bonds. The first-order chi connectivity index (χ1) is 12.7. The van der Waals surface area contributed by atoms with Gasteiger partial charge in [0.25, 0.3) is 0 Å². The highest BCUT2D eigenvalue weighted by Gasteiger charge is 2.30. The van der Waals surface area contributed by atoms with Crippen LogP contribution in [0.25, 0.3) is 0 Å². The van der Waals surface area contributed by atoms with Gasteiger partial charge in [0.1, 0.15) is 6.10 Å². The van der Waals surface area contributed by atoms with Crippen LogP contribution in [-0.2, 0) is 14.3 Å². The number of morpholine rings is 1. The Labute approximate surface area is 153 Å². The first-order valence-electron chi connectivity index (χ1n) is 9.53. The summed E-state index contributed by atoms with van der Waals surface area (Å²) in [4.78, 5) is 26.2. The summed E-state index contributed by atoms with van der Waals surface area (Å²) < 4.78 is 11.1. The lowest BCUT2D eigenvalue weighted by Gasteiger charge is -2.33. The van der Waals surface area contributed by atoms with Crippen molar-refractivity contribution in [3.8, 4) is 0 Å². The molecule has 3 rings (SSSR count). The van der Waals surface area contributed by atoms with Crippen LogP contribution in [-0.4, -0.2) is 79.1 Å². The minimum Gasteiger partial charge on any atom is -0.394 e. The molecule has 0 aromatic heterocycles. The van der Waals surface area contributed by atoms with Crippen LogP contribution in [0, 0.1) is 0 Å². The van der Waals surface area contributed by atoms with Gasteiger partial charge >= 0.3 is 6.03 Å². The summed E-state index contributed by atoms with van der Waals surface area (Å²) in [5, 5.41) is 15.4. The highest BCUT2D eigenvalue weighted by molar-refractivity contribution is 5.77.